The Hall–Kier alpha value is -1.63. The molecule has 0 radical (unpaired) electrons. The van der Waals surface area contributed by atoms with E-state index < -0.39 is 4.92 Å². The van der Waals surface area contributed by atoms with E-state index in [9.17, 15) is 10.1 Å². The largest absolute Gasteiger partial charge is 0.406 e. The van der Waals surface area contributed by atoms with E-state index in [1.54, 1.807) is 11.6 Å². The Labute approximate surface area is 99.6 Å². The van der Waals surface area contributed by atoms with Crippen molar-refractivity contribution in [3.05, 3.63) is 16.4 Å². The molecule has 0 unspecified atom stereocenters. The molecule has 1 saturated heterocycles. The fraction of sp³-hybridized carbons (Fsp3) is 0.700. The van der Waals surface area contributed by atoms with Crippen molar-refractivity contribution in [2.24, 2.45) is 7.05 Å². The Bertz CT molecular complexity index is 397. The molecule has 0 atom stereocenters. The van der Waals surface area contributed by atoms with Crippen LogP contribution in [0, 0.1) is 10.1 Å². The van der Waals surface area contributed by atoms with Gasteiger partial charge in [0.25, 0.3) is 0 Å². The summed E-state index contributed by atoms with van der Waals surface area (Å²) in [6.45, 7) is 3.90. The van der Waals surface area contributed by atoms with Crippen molar-refractivity contribution in [1.82, 2.24) is 14.5 Å². The van der Waals surface area contributed by atoms with Gasteiger partial charge in [0.2, 0.25) is 12.1 Å². The maximum atomic E-state index is 10.7. The first-order valence-electron chi connectivity index (χ1n) is 5.80. The summed E-state index contributed by atoms with van der Waals surface area (Å²) >= 11 is 0. The van der Waals surface area contributed by atoms with Gasteiger partial charge in [0.15, 0.2) is 0 Å². The lowest BCUT2D eigenvalue weighted by Crippen LogP contribution is -2.26. The van der Waals surface area contributed by atoms with E-state index >= 15 is 0 Å². The number of rotatable bonds is 5. The zero-order chi connectivity index (χ0) is 12.3. The van der Waals surface area contributed by atoms with Gasteiger partial charge in [-0.1, -0.05) is 0 Å². The molecule has 1 aromatic rings. The molecular formula is C10H17N5O2. The summed E-state index contributed by atoms with van der Waals surface area (Å²) in [5.74, 6) is 0.378. The molecule has 0 spiro atoms. The standard InChI is InChI=1S/C10H17N5O2/c1-13-8-12-10(15(16)17)9(13)11-4-7-14-5-2-3-6-14/h8,11H,2-7H2,1H3. The highest BCUT2D eigenvalue weighted by Crippen LogP contribution is 2.20. The molecule has 1 aliphatic heterocycles. The van der Waals surface area contributed by atoms with Crippen LogP contribution in [-0.4, -0.2) is 45.6 Å². The van der Waals surface area contributed by atoms with Gasteiger partial charge in [0, 0.05) is 20.1 Å². The molecule has 2 heterocycles. The summed E-state index contributed by atoms with van der Waals surface area (Å²) in [5.41, 5.74) is 0. The summed E-state index contributed by atoms with van der Waals surface area (Å²) in [6.07, 6.45) is 3.97. The fourth-order valence-electron chi connectivity index (χ4n) is 2.09. The predicted octanol–water partition coefficient (Wildman–Crippen LogP) is 0.836. The average Bonchev–Trinajstić information content (AvgIpc) is 2.89. The smallest absolute Gasteiger partial charge is 0.363 e. The first-order valence-corrected chi connectivity index (χ1v) is 5.80. The maximum absolute atomic E-state index is 10.7. The highest BCUT2D eigenvalue weighted by Gasteiger charge is 2.19. The van der Waals surface area contributed by atoms with Crippen LogP contribution in [0.25, 0.3) is 0 Å². The lowest BCUT2D eigenvalue weighted by atomic mass is 10.4. The number of hydrogen-bond donors (Lipinski definition) is 1. The van der Waals surface area contributed by atoms with Crippen molar-refractivity contribution >= 4 is 11.6 Å². The summed E-state index contributed by atoms with van der Waals surface area (Å²) in [5, 5.41) is 13.8. The highest BCUT2D eigenvalue weighted by molar-refractivity contribution is 5.51. The predicted molar refractivity (Wildman–Crippen MR) is 64.0 cm³/mol. The van der Waals surface area contributed by atoms with Crippen LogP contribution in [0.15, 0.2) is 6.33 Å². The molecule has 94 valence electrons. The van der Waals surface area contributed by atoms with Crippen molar-refractivity contribution in [2.45, 2.75) is 12.8 Å². The van der Waals surface area contributed by atoms with E-state index in [2.05, 4.69) is 15.2 Å². The molecule has 1 fully saturated rings. The number of anilines is 1. The van der Waals surface area contributed by atoms with Crippen LogP contribution in [0.5, 0.6) is 0 Å². The second-order valence-electron chi connectivity index (χ2n) is 4.26. The lowest BCUT2D eigenvalue weighted by Gasteiger charge is -2.14. The van der Waals surface area contributed by atoms with Gasteiger partial charge in [-0.2, -0.15) is 0 Å². The van der Waals surface area contributed by atoms with E-state index in [0.29, 0.717) is 12.4 Å². The fourth-order valence-corrected chi connectivity index (χ4v) is 2.09. The lowest BCUT2D eigenvalue weighted by molar-refractivity contribution is -0.388. The van der Waals surface area contributed by atoms with Crippen molar-refractivity contribution in [1.29, 1.82) is 0 Å². The molecule has 1 aliphatic rings. The quantitative estimate of drug-likeness (QED) is 0.608. The van der Waals surface area contributed by atoms with Crippen molar-refractivity contribution in [3.8, 4) is 0 Å². The first kappa shape index (κ1) is 11.8. The Balaban J connectivity index is 1.89. The van der Waals surface area contributed by atoms with Gasteiger partial charge in [-0.25, -0.2) is 0 Å². The number of likely N-dealkylation sites (tertiary alicyclic amines) is 1. The summed E-state index contributed by atoms with van der Waals surface area (Å²) < 4.78 is 1.64. The normalized spacial score (nSPS) is 16.3. The monoisotopic (exact) mass is 239 g/mol. The molecule has 17 heavy (non-hydrogen) atoms. The highest BCUT2D eigenvalue weighted by atomic mass is 16.6. The van der Waals surface area contributed by atoms with Crippen molar-refractivity contribution in [2.75, 3.05) is 31.5 Å². The summed E-state index contributed by atoms with van der Waals surface area (Å²) in [7, 11) is 1.75. The van der Waals surface area contributed by atoms with Gasteiger partial charge in [-0.3, -0.25) is 4.57 Å². The molecule has 1 aromatic heterocycles. The third-order valence-electron chi connectivity index (χ3n) is 3.01. The molecule has 7 nitrogen and oxygen atoms in total. The van der Waals surface area contributed by atoms with Crippen molar-refractivity contribution < 1.29 is 4.92 Å². The summed E-state index contributed by atoms with van der Waals surface area (Å²) in [6, 6.07) is 0. The SMILES string of the molecule is Cn1cnc([N+](=O)[O-])c1NCCN1CCCC1. The first-order chi connectivity index (χ1) is 8.18. The van der Waals surface area contributed by atoms with Crippen LogP contribution in [0.2, 0.25) is 0 Å². The van der Waals surface area contributed by atoms with Gasteiger partial charge in [-0.15, -0.1) is 0 Å². The molecule has 1 N–H and O–H groups in total. The molecule has 0 aliphatic carbocycles. The van der Waals surface area contributed by atoms with Crippen molar-refractivity contribution in [3.63, 3.8) is 0 Å². The Morgan fingerprint density at radius 3 is 2.88 bits per heavy atom. The molecule has 7 heteroatoms. The van der Waals surface area contributed by atoms with Gasteiger partial charge in [0.05, 0.1) is 0 Å². The third kappa shape index (κ3) is 2.73. The second kappa shape index (κ2) is 5.13. The number of nitro groups is 1. The zero-order valence-electron chi connectivity index (χ0n) is 9.93. The second-order valence-corrected chi connectivity index (χ2v) is 4.26. The van der Waals surface area contributed by atoms with E-state index in [1.165, 1.54) is 19.2 Å². The zero-order valence-corrected chi connectivity index (χ0v) is 9.93. The van der Waals surface area contributed by atoms with E-state index in [0.717, 1.165) is 19.6 Å². The van der Waals surface area contributed by atoms with Crippen LogP contribution in [-0.2, 0) is 7.05 Å². The minimum Gasteiger partial charge on any atom is -0.363 e. The number of aromatic nitrogens is 2. The maximum Gasteiger partial charge on any atom is 0.406 e. The number of hydrogen-bond acceptors (Lipinski definition) is 5. The molecule has 2 rings (SSSR count). The van der Waals surface area contributed by atoms with Crippen LogP contribution in [0.3, 0.4) is 0 Å². The number of aryl methyl sites for hydroxylation is 1. The van der Waals surface area contributed by atoms with E-state index in [4.69, 9.17) is 0 Å². The third-order valence-corrected chi connectivity index (χ3v) is 3.01. The molecule has 0 saturated carbocycles. The minimum atomic E-state index is -0.460. The minimum absolute atomic E-state index is 0.103. The number of imidazole rings is 1. The van der Waals surface area contributed by atoms with Crippen LogP contribution in [0.4, 0.5) is 11.6 Å². The summed E-state index contributed by atoms with van der Waals surface area (Å²) in [4.78, 5) is 16.4. The topological polar surface area (TPSA) is 76.2 Å². The van der Waals surface area contributed by atoms with Gasteiger partial charge >= 0.3 is 5.82 Å². The van der Waals surface area contributed by atoms with Gasteiger partial charge in [0.1, 0.15) is 0 Å². The van der Waals surface area contributed by atoms with E-state index in [1.807, 2.05) is 0 Å². The van der Waals surface area contributed by atoms with Crippen LogP contribution in [0.1, 0.15) is 12.8 Å². The van der Waals surface area contributed by atoms with Crippen LogP contribution >= 0.6 is 0 Å². The number of nitrogens with one attached hydrogen (secondary N) is 1. The van der Waals surface area contributed by atoms with Crippen LogP contribution < -0.4 is 5.32 Å². The van der Waals surface area contributed by atoms with Gasteiger partial charge in [-0.05, 0) is 35.8 Å². The molecule has 0 amide bonds. The van der Waals surface area contributed by atoms with Gasteiger partial charge < -0.3 is 20.3 Å². The van der Waals surface area contributed by atoms with E-state index in [-0.39, 0.29) is 5.82 Å². The molecule has 0 bridgehead atoms. The Morgan fingerprint density at radius 1 is 1.53 bits per heavy atom. The Kier molecular flexibility index (Phi) is 3.58. The molecular weight excluding hydrogens is 222 g/mol. The molecule has 0 aromatic carbocycles. The number of nitrogens with zero attached hydrogens (tertiary/aromatic N) is 4. The average molecular weight is 239 g/mol. The Morgan fingerprint density at radius 2 is 2.24 bits per heavy atom.